The molecule has 0 radical (unpaired) electrons. The lowest BCUT2D eigenvalue weighted by Crippen LogP contribution is -2.52. The summed E-state index contributed by atoms with van der Waals surface area (Å²) in [4.78, 5) is 12.3. The van der Waals surface area contributed by atoms with Crippen LogP contribution in [0.25, 0.3) is 0 Å². The van der Waals surface area contributed by atoms with Gasteiger partial charge in [-0.25, -0.2) is 0 Å². The average Bonchev–Trinajstić information content (AvgIpc) is 2.29. The summed E-state index contributed by atoms with van der Waals surface area (Å²) in [6, 6.07) is 7.69. The van der Waals surface area contributed by atoms with E-state index in [4.69, 9.17) is 0 Å². The van der Waals surface area contributed by atoms with Crippen LogP contribution in [0.3, 0.4) is 0 Å². The van der Waals surface area contributed by atoms with E-state index in [0.717, 1.165) is 10.0 Å². The molecule has 0 heterocycles. The number of benzene rings is 1. The molecule has 0 bridgehead atoms. The van der Waals surface area contributed by atoms with Gasteiger partial charge in [0.25, 0.3) is 0 Å². The number of rotatable bonds is 4. The normalized spacial score (nSPS) is 12.3. The number of hydrogen-bond donors (Lipinski definition) is 2. The molecule has 0 aliphatic carbocycles. The maximum atomic E-state index is 12.3. The Labute approximate surface area is 117 Å². The van der Waals surface area contributed by atoms with E-state index in [1.54, 1.807) is 13.8 Å². The maximum absolute atomic E-state index is 12.3. The molecule has 1 aromatic rings. The largest absolute Gasteiger partial charge is 0.394 e. The number of aliphatic hydroxyl groups excluding tert-OH is 1. The minimum Gasteiger partial charge on any atom is -0.394 e. The fraction of sp³-hybridized carbons (Fsp3) is 0.500. The van der Waals surface area contributed by atoms with Crippen molar-refractivity contribution in [2.75, 3.05) is 6.61 Å². The van der Waals surface area contributed by atoms with E-state index in [1.165, 1.54) is 0 Å². The van der Waals surface area contributed by atoms with Crippen molar-refractivity contribution in [2.45, 2.75) is 38.6 Å². The molecule has 0 aromatic heterocycles. The predicted octanol–water partition coefficient (Wildman–Crippen LogP) is 2.61. The minimum absolute atomic E-state index is 0.0881. The Morgan fingerprint density at radius 2 is 1.72 bits per heavy atom. The number of nitrogens with one attached hydrogen (secondary N) is 1. The second kappa shape index (κ2) is 5.41. The Bertz CT molecular complexity index is 424. The molecular weight excluding hydrogens is 294 g/mol. The highest BCUT2D eigenvalue weighted by Crippen LogP contribution is 2.25. The van der Waals surface area contributed by atoms with Crippen LogP contribution in [0.15, 0.2) is 28.7 Å². The summed E-state index contributed by atoms with van der Waals surface area (Å²) in [7, 11) is 0. The first-order valence-electron chi connectivity index (χ1n) is 5.88. The molecule has 0 saturated heterocycles. The Morgan fingerprint density at radius 1 is 1.22 bits per heavy atom. The van der Waals surface area contributed by atoms with Crippen molar-refractivity contribution in [1.29, 1.82) is 0 Å². The van der Waals surface area contributed by atoms with Crippen molar-refractivity contribution >= 4 is 21.8 Å². The topological polar surface area (TPSA) is 49.3 Å². The van der Waals surface area contributed by atoms with Gasteiger partial charge in [-0.1, -0.05) is 28.1 Å². The summed E-state index contributed by atoms with van der Waals surface area (Å²) in [6.07, 6.45) is 0. The van der Waals surface area contributed by atoms with Gasteiger partial charge in [0.1, 0.15) is 0 Å². The van der Waals surface area contributed by atoms with Crippen LogP contribution in [-0.4, -0.2) is 23.2 Å². The first-order valence-corrected chi connectivity index (χ1v) is 6.68. The summed E-state index contributed by atoms with van der Waals surface area (Å²) < 4.78 is 0.984. The van der Waals surface area contributed by atoms with Gasteiger partial charge in [0.15, 0.2) is 0 Å². The van der Waals surface area contributed by atoms with E-state index in [0.29, 0.717) is 0 Å². The lowest BCUT2D eigenvalue weighted by molar-refractivity contribution is -0.127. The van der Waals surface area contributed by atoms with E-state index in [2.05, 4.69) is 21.2 Å². The van der Waals surface area contributed by atoms with Gasteiger partial charge in [0, 0.05) is 4.47 Å². The Kier molecular flexibility index (Phi) is 4.56. The highest BCUT2D eigenvalue weighted by atomic mass is 79.9. The van der Waals surface area contributed by atoms with Crippen LogP contribution in [-0.2, 0) is 10.2 Å². The van der Waals surface area contributed by atoms with Crippen LogP contribution in [0, 0.1) is 0 Å². The summed E-state index contributed by atoms with van der Waals surface area (Å²) in [5.74, 6) is -0.0936. The van der Waals surface area contributed by atoms with Crippen LogP contribution in [0.1, 0.15) is 33.3 Å². The molecule has 0 spiro atoms. The molecule has 0 atom stereocenters. The van der Waals surface area contributed by atoms with Gasteiger partial charge in [0.2, 0.25) is 5.91 Å². The summed E-state index contributed by atoms with van der Waals surface area (Å²) >= 11 is 3.38. The summed E-state index contributed by atoms with van der Waals surface area (Å²) in [5, 5.41) is 12.1. The molecule has 2 N–H and O–H groups in total. The summed E-state index contributed by atoms with van der Waals surface area (Å²) in [5.41, 5.74) is -0.298. The predicted molar refractivity (Wildman–Crippen MR) is 76.5 cm³/mol. The molecule has 0 fully saturated rings. The number of halogens is 1. The SMILES string of the molecule is CC(C)(CO)NC(=O)C(C)(C)c1ccc(Br)cc1. The third-order valence-corrected chi connectivity index (χ3v) is 3.51. The minimum atomic E-state index is -0.632. The van der Waals surface area contributed by atoms with Gasteiger partial charge in [-0.15, -0.1) is 0 Å². The second-order valence-electron chi connectivity index (χ2n) is 5.63. The number of aliphatic hydroxyl groups is 1. The van der Waals surface area contributed by atoms with Gasteiger partial charge >= 0.3 is 0 Å². The molecule has 0 unspecified atom stereocenters. The second-order valence-corrected chi connectivity index (χ2v) is 6.54. The van der Waals surface area contributed by atoms with Crippen molar-refractivity contribution in [1.82, 2.24) is 5.32 Å². The van der Waals surface area contributed by atoms with E-state index >= 15 is 0 Å². The smallest absolute Gasteiger partial charge is 0.230 e. The van der Waals surface area contributed by atoms with Crippen LogP contribution < -0.4 is 5.32 Å². The molecule has 0 aliphatic rings. The molecule has 18 heavy (non-hydrogen) atoms. The van der Waals surface area contributed by atoms with Crippen molar-refractivity contribution in [2.24, 2.45) is 0 Å². The fourth-order valence-corrected chi connectivity index (χ4v) is 1.77. The first-order chi connectivity index (χ1) is 8.19. The third-order valence-electron chi connectivity index (χ3n) is 2.98. The van der Waals surface area contributed by atoms with Gasteiger partial charge in [-0.3, -0.25) is 4.79 Å². The van der Waals surface area contributed by atoms with Crippen molar-refractivity contribution in [3.05, 3.63) is 34.3 Å². The lowest BCUT2D eigenvalue weighted by atomic mass is 9.83. The average molecular weight is 314 g/mol. The lowest BCUT2D eigenvalue weighted by Gasteiger charge is -2.31. The number of carbonyl (C=O) groups is 1. The monoisotopic (exact) mass is 313 g/mol. The Morgan fingerprint density at radius 3 is 2.17 bits per heavy atom. The van der Waals surface area contributed by atoms with Gasteiger partial charge in [-0.2, -0.15) is 0 Å². The van der Waals surface area contributed by atoms with Crippen LogP contribution >= 0.6 is 15.9 Å². The zero-order valence-corrected chi connectivity index (χ0v) is 12.8. The molecular formula is C14H20BrNO2. The maximum Gasteiger partial charge on any atom is 0.230 e. The van der Waals surface area contributed by atoms with E-state index < -0.39 is 11.0 Å². The van der Waals surface area contributed by atoms with Crippen molar-refractivity contribution in [3.63, 3.8) is 0 Å². The molecule has 3 nitrogen and oxygen atoms in total. The number of amides is 1. The fourth-order valence-electron chi connectivity index (χ4n) is 1.50. The van der Waals surface area contributed by atoms with Crippen molar-refractivity contribution < 1.29 is 9.90 Å². The van der Waals surface area contributed by atoms with E-state index in [1.807, 2.05) is 38.1 Å². The quantitative estimate of drug-likeness (QED) is 0.897. The highest BCUT2D eigenvalue weighted by Gasteiger charge is 2.33. The van der Waals surface area contributed by atoms with Crippen LogP contribution in [0.4, 0.5) is 0 Å². The van der Waals surface area contributed by atoms with Crippen LogP contribution in [0.5, 0.6) is 0 Å². The number of carbonyl (C=O) groups excluding carboxylic acids is 1. The molecule has 1 amide bonds. The van der Waals surface area contributed by atoms with E-state index in [-0.39, 0.29) is 12.5 Å². The molecule has 4 heteroatoms. The first kappa shape index (κ1) is 15.2. The molecule has 1 aromatic carbocycles. The zero-order chi connectivity index (χ0) is 14.0. The molecule has 0 saturated carbocycles. The summed E-state index contributed by atoms with van der Waals surface area (Å²) in [6.45, 7) is 7.25. The van der Waals surface area contributed by atoms with Gasteiger partial charge in [-0.05, 0) is 45.4 Å². The van der Waals surface area contributed by atoms with E-state index in [9.17, 15) is 9.90 Å². The molecule has 0 aliphatic heterocycles. The third kappa shape index (κ3) is 3.56. The Hall–Kier alpha value is -0.870. The van der Waals surface area contributed by atoms with Crippen molar-refractivity contribution in [3.8, 4) is 0 Å². The molecule has 100 valence electrons. The Balaban J connectivity index is 2.92. The standard InChI is InChI=1S/C14H20BrNO2/c1-13(2,9-17)16-12(18)14(3,4)10-5-7-11(15)8-6-10/h5-8,17H,9H2,1-4H3,(H,16,18). The van der Waals surface area contributed by atoms with Gasteiger partial charge in [0.05, 0.1) is 17.6 Å². The molecule has 1 rings (SSSR count). The zero-order valence-electron chi connectivity index (χ0n) is 11.2. The highest BCUT2D eigenvalue weighted by molar-refractivity contribution is 9.10. The van der Waals surface area contributed by atoms with Crippen LogP contribution in [0.2, 0.25) is 0 Å². The number of hydrogen-bond acceptors (Lipinski definition) is 2. The van der Waals surface area contributed by atoms with Gasteiger partial charge < -0.3 is 10.4 Å².